The van der Waals surface area contributed by atoms with Crippen LogP contribution >= 0.6 is 0 Å². The van der Waals surface area contributed by atoms with Crippen LogP contribution < -0.4 is 4.74 Å². The summed E-state index contributed by atoms with van der Waals surface area (Å²) in [6.45, 7) is 8.02. The summed E-state index contributed by atoms with van der Waals surface area (Å²) in [7, 11) is 1.62. The molecule has 0 aliphatic carbocycles. The van der Waals surface area contributed by atoms with Crippen LogP contribution in [0.5, 0.6) is 5.75 Å². The van der Waals surface area contributed by atoms with Gasteiger partial charge < -0.3 is 4.74 Å². The van der Waals surface area contributed by atoms with Gasteiger partial charge in [0.05, 0.1) is 7.11 Å². The Bertz CT molecular complexity index is 651. The second-order valence-electron chi connectivity index (χ2n) is 5.55. The molecule has 0 unspecified atom stereocenters. The predicted octanol–water partition coefficient (Wildman–Crippen LogP) is 5.24. The first-order chi connectivity index (χ1) is 11.0. The molecular formula is C21H26O2. The van der Waals surface area contributed by atoms with Crippen molar-refractivity contribution in [2.45, 2.75) is 34.1 Å². The summed E-state index contributed by atoms with van der Waals surface area (Å²) in [5, 5.41) is 0. The highest BCUT2D eigenvalue weighted by molar-refractivity contribution is 6.08. The summed E-state index contributed by atoms with van der Waals surface area (Å²) in [5.74, 6) is 0.774. The Kier molecular flexibility index (Phi) is 7.82. The number of hydrogen-bond acceptors (Lipinski definition) is 2. The Morgan fingerprint density at radius 3 is 2.17 bits per heavy atom. The third kappa shape index (κ3) is 5.74. The lowest BCUT2D eigenvalue weighted by Gasteiger charge is -2.09. The third-order valence-electron chi connectivity index (χ3n) is 3.64. The minimum absolute atomic E-state index is 0.742. The van der Waals surface area contributed by atoms with Crippen LogP contribution in [0, 0.1) is 6.92 Å². The molecule has 0 aliphatic heterocycles. The van der Waals surface area contributed by atoms with Crippen molar-refractivity contribution >= 4 is 11.9 Å². The molecular weight excluding hydrogens is 284 g/mol. The summed E-state index contributed by atoms with van der Waals surface area (Å²) in [5.41, 5.74) is 5.20. The van der Waals surface area contributed by atoms with E-state index in [2.05, 4.69) is 31.2 Å². The Labute approximate surface area is 139 Å². The molecule has 0 fully saturated rings. The molecule has 2 aromatic carbocycles. The molecule has 0 bridgehead atoms. The molecule has 2 rings (SSSR count). The number of methoxy groups -OCH3 is 1. The molecule has 0 heterocycles. The lowest BCUT2D eigenvalue weighted by atomic mass is 9.98. The van der Waals surface area contributed by atoms with Crippen molar-refractivity contribution in [3.63, 3.8) is 0 Å². The highest BCUT2D eigenvalue weighted by atomic mass is 16.5. The molecule has 2 heteroatoms. The SMILES string of the molecule is CCc1ccccc1.COc1ccc(C)c(C(C=O)=C(C)C)c1. The van der Waals surface area contributed by atoms with Gasteiger partial charge in [-0.15, -0.1) is 0 Å². The van der Waals surface area contributed by atoms with E-state index in [9.17, 15) is 4.79 Å². The van der Waals surface area contributed by atoms with Crippen molar-refractivity contribution < 1.29 is 9.53 Å². The van der Waals surface area contributed by atoms with E-state index < -0.39 is 0 Å². The fourth-order valence-electron chi connectivity index (χ4n) is 2.18. The zero-order chi connectivity index (χ0) is 17.2. The molecule has 0 saturated carbocycles. The first-order valence-corrected chi connectivity index (χ1v) is 7.85. The normalized spacial score (nSPS) is 9.43. The van der Waals surface area contributed by atoms with Gasteiger partial charge in [0.1, 0.15) is 5.75 Å². The number of carbonyl (C=O) groups excluding carboxylic acids is 1. The maximum absolute atomic E-state index is 11.0. The standard InChI is InChI=1S/C13H16O2.C8H10/c1-9(2)13(8-14)12-7-11(15-4)6-5-10(12)3;1-2-8-6-4-3-5-7-8/h5-8H,1-4H3;3-7H,2H2,1H3. The average Bonchev–Trinajstić information content (AvgIpc) is 2.58. The zero-order valence-electron chi connectivity index (χ0n) is 14.7. The second-order valence-corrected chi connectivity index (χ2v) is 5.55. The first kappa shape index (κ1) is 18.7. The van der Waals surface area contributed by atoms with Gasteiger partial charge in [-0.3, -0.25) is 4.79 Å². The second kappa shape index (κ2) is 9.62. The van der Waals surface area contributed by atoms with Crippen LogP contribution in [-0.4, -0.2) is 13.4 Å². The zero-order valence-corrected chi connectivity index (χ0v) is 14.7. The Balaban J connectivity index is 0.000000277. The van der Waals surface area contributed by atoms with Crippen LogP contribution in [0.4, 0.5) is 0 Å². The quantitative estimate of drug-likeness (QED) is 0.570. The topological polar surface area (TPSA) is 26.3 Å². The molecule has 0 amide bonds. The van der Waals surface area contributed by atoms with E-state index in [0.29, 0.717) is 0 Å². The van der Waals surface area contributed by atoms with Gasteiger partial charge in [-0.1, -0.05) is 48.9 Å². The van der Waals surface area contributed by atoms with Crippen molar-refractivity contribution in [1.29, 1.82) is 0 Å². The first-order valence-electron chi connectivity index (χ1n) is 7.85. The summed E-state index contributed by atoms with van der Waals surface area (Å²) < 4.78 is 5.15. The summed E-state index contributed by atoms with van der Waals surface area (Å²) in [4.78, 5) is 11.0. The maximum Gasteiger partial charge on any atom is 0.150 e. The minimum atomic E-state index is 0.742. The lowest BCUT2D eigenvalue weighted by Crippen LogP contribution is -1.94. The van der Waals surface area contributed by atoms with E-state index in [1.807, 2.05) is 45.0 Å². The van der Waals surface area contributed by atoms with E-state index in [-0.39, 0.29) is 0 Å². The summed E-state index contributed by atoms with van der Waals surface area (Å²) in [6, 6.07) is 16.2. The number of allylic oxidation sites excluding steroid dienone is 2. The molecule has 2 aromatic rings. The highest BCUT2D eigenvalue weighted by Crippen LogP contribution is 2.24. The Morgan fingerprint density at radius 1 is 1.09 bits per heavy atom. The fourth-order valence-corrected chi connectivity index (χ4v) is 2.18. The number of hydrogen-bond donors (Lipinski definition) is 0. The van der Waals surface area contributed by atoms with Crippen LogP contribution in [0.25, 0.3) is 5.57 Å². The molecule has 2 nitrogen and oxygen atoms in total. The van der Waals surface area contributed by atoms with Crippen LogP contribution in [-0.2, 0) is 11.2 Å². The minimum Gasteiger partial charge on any atom is -0.497 e. The maximum atomic E-state index is 11.0. The monoisotopic (exact) mass is 310 g/mol. The molecule has 0 N–H and O–H groups in total. The summed E-state index contributed by atoms with van der Waals surface area (Å²) >= 11 is 0. The van der Waals surface area contributed by atoms with Crippen molar-refractivity contribution in [2.24, 2.45) is 0 Å². The number of rotatable bonds is 4. The molecule has 0 saturated heterocycles. The van der Waals surface area contributed by atoms with Gasteiger partial charge in [-0.25, -0.2) is 0 Å². The van der Waals surface area contributed by atoms with Gasteiger partial charge in [0.15, 0.2) is 6.29 Å². The smallest absolute Gasteiger partial charge is 0.150 e. The third-order valence-corrected chi connectivity index (χ3v) is 3.64. The summed E-state index contributed by atoms with van der Waals surface area (Å²) in [6.07, 6.45) is 2.04. The van der Waals surface area contributed by atoms with E-state index >= 15 is 0 Å². The predicted molar refractivity (Wildman–Crippen MR) is 97.9 cm³/mol. The van der Waals surface area contributed by atoms with Gasteiger partial charge in [-0.2, -0.15) is 0 Å². The van der Waals surface area contributed by atoms with Crippen LogP contribution in [0.1, 0.15) is 37.5 Å². The van der Waals surface area contributed by atoms with Gasteiger partial charge in [0.2, 0.25) is 0 Å². The number of aryl methyl sites for hydroxylation is 2. The molecule has 0 radical (unpaired) electrons. The van der Waals surface area contributed by atoms with Gasteiger partial charge in [0.25, 0.3) is 0 Å². The van der Waals surface area contributed by atoms with Crippen LogP contribution in [0.3, 0.4) is 0 Å². The molecule has 122 valence electrons. The fraction of sp³-hybridized carbons (Fsp3) is 0.286. The number of benzene rings is 2. The van der Waals surface area contributed by atoms with E-state index in [1.165, 1.54) is 5.56 Å². The van der Waals surface area contributed by atoms with E-state index in [0.717, 1.165) is 40.7 Å². The number of aldehydes is 1. The Morgan fingerprint density at radius 2 is 1.74 bits per heavy atom. The highest BCUT2D eigenvalue weighted by Gasteiger charge is 2.07. The van der Waals surface area contributed by atoms with Crippen LogP contribution in [0.15, 0.2) is 54.1 Å². The van der Waals surface area contributed by atoms with Crippen LogP contribution in [0.2, 0.25) is 0 Å². The van der Waals surface area contributed by atoms with Crippen molar-refractivity contribution in [1.82, 2.24) is 0 Å². The van der Waals surface area contributed by atoms with Crippen molar-refractivity contribution in [3.8, 4) is 5.75 Å². The Hall–Kier alpha value is -2.35. The molecule has 23 heavy (non-hydrogen) atoms. The lowest BCUT2D eigenvalue weighted by molar-refractivity contribution is -0.103. The van der Waals surface area contributed by atoms with Crippen molar-refractivity contribution in [3.05, 3.63) is 70.8 Å². The molecule has 0 atom stereocenters. The number of carbonyl (C=O) groups is 1. The van der Waals surface area contributed by atoms with Gasteiger partial charge in [0, 0.05) is 5.57 Å². The molecule has 0 aromatic heterocycles. The van der Waals surface area contributed by atoms with Crippen molar-refractivity contribution in [2.75, 3.05) is 7.11 Å². The van der Waals surface area contributed by atoms with E-state index in [4.69, 9.17) is 4.74 Å². The van der Waals surface area contributed by atoms with E-state index in [1.54, 1.807) is 7.11 Å². The number of ether oxygens (including phenoxy) is 1. The molecule has 0 aliphatic rings. The van der Waals surface area contributed by atoms with Gasteiger partial charge in [-0.05, 0) is 56.0 Å². The van der Waals surface area contributed by atoms with Gasteiger partial charge >= 0.3 is 0 Å². The largest absolute Gasteiger partial charge is 0.497 e. The average molecular weight is 310 g/mol. The molecule has 0 spiro atoms.